The van der Waals surface area contributed by atoms with Gasteiger partial charge in [-0.25, -0.2) is 0 Å². The van der Waals surface area contributed by atoms with Crippen molar-refractivity contribution in [3.63, 3.8) is 0 Å². The fraction of sp³-hybridized carbons (Fsp3) is 1.00. The monoisotopic (exact) mass is 437 g/mol. The summed E-state index contributed by atoms with van der Waals surface area (Å²) in [5.41, 5.74) is -2.10. The van der Waals surface area contributed by atoms with Gasteiger partial charge in [0.1, 0.15) is 0 Å². The van der Waals surface area contributed by atoms with Gasteiger partial charge in [0.25, 0.3) is 0 Å². The molecule has 0 aromatic rings. The molecule has 0 amide bonds. The molecule has 0 heterocycles. The molecule has 4 saturated carbocycles. The Bertz CT molecular complexity index is 718. The fourth-order valence-electron chi connectivity index (χ4n) is 10.0. The predicted octanol–water partition coefficient (Wildman–Crippen LogP) is 4.06. The highest BCUT2D eigenvalue weighted by atomic mass is 16.3. The minimum absolute atomic E-state index is 0.0430. The van der Waals surface area contributed by atoms with Crippen molar-refractivity contribution in [3.8, 4) is 0 Å². The van der Waals surface area contributed by atoms with Crippen LogP contribution in [0.1, 0.15) is 92.4 Å². The zero-order valence-electron chi connectivity index (χ0n) is 21.1. The molecule has 0 aromatic carbocycles. The lowest BCUT2D eigenvalue weighted by atomic mass is 9.20. The summed E-state index contributed by atoms with van der Waals surface area (Å²) in [6, 6.07) is 0. The van der Waals surface area contributed by atoms with Crippen LogP contribution >= 0.6 is 0 Å². The van der Waals surface area contributed by atoms with Crippen molar-refractivity contribution in [2.75, 3.05) is 6.61 Å². The summed E-state index contributed by atoms with van der Waals surface area (Å²) in [7, 11) is 15.4. The van der Waals surface area contributed by atoms with Crippen molar-refractivity contribution in [3.05, 3.63) is 0 Å². The van der Waals surface area contributed by atoms with E-state index < -0.39 is 22.5 Å². The second kappa shape index (κ2) is 8.05. The summed E-state index contributed by atoms with van der Waals surface area (Å²) in [4.78, 5) is 0. The molecule has 0 aromatic heterocycles. The number of aliphatic hydroxyl groups is 3. The molecule has 0 aliphatic heterocycles. The topological polar surface area (TPSA) is 60.7 Å². The second-order valence-electron chi connectivity index (χ2n) is 13.2. The van der Waals surface area contributed by atoms with Gasteiger partial charge in [-0.3, -0.25) is 0 Å². The average Bonchev–Trinajstić information content (AvgIpc) is 3.02. The van der Waals surface area contributed by atoms with Crippen molar-refractivity contribution in [2.24, 2.45) is 39.9 Å². The number of fused-ring (bicyclic) bond motifs is 5. The van der Waals surface area contributed by atoms with Crippen LogP contribution in [0.5, 0.6) is 0 Å². The molecule has 0 spiro atoms. The van der Waals surface area contributed by atoms with Crippen LogP contribution in [-0.2, 0) is 0 Å². The van der Waals surface area contributed by atoms with Crippen molar-refractivity contribution < 1.29 is 15.3 Å². The first kappa shape index (κ1) is 25.2. The van der Waals surface area contributed by atoms with Crippen LogP contribution in [0.2, 0.25) is 11.1 Å². The first-order valence-electron chi connectivity index (χ1n) is 13.2. The summed E-state index contributed by atoms with van der Waals surface area (Å²) in [6.45, 7) is 10.7. The molecule has 4 fully saturated rings. The van der Waals surface area contributed by atoms with Gasteiger partial charge in [0.2, 0.25) is 0 Å². The molecule has 0 saturated heterocycles. The first-order valence-corrected chi connectivity index (χ1v) is 13.2. The molecule has 3 N–H and O–H groups in total. The third-order valence-corrected chi connectivity index (χ3v) is 11.9. The first-order chi connectivity index (χ1) is 14.9. The van der Waals surface area contributed by atoms with E-state index in [1.807, 2.05) is 21.0 Å². The largest absolute Gasteiger partial charge is 0.396 e. The lowest BCUT2D eigenvalue weighted by molar-refractivity contribution is -0.225. The lowest BCUT2D eigenvalue weighted by Crippen LogP contribution is -2.66. The normalized spacial score (nSPS) is 53.2. The molecule has 10 atom stereocenters. The molecular formula is C26H44B3O3. The van der Waals surface area contributed by atoms with Crippen LogP contribution in [-0.4, -0.2) is 56.4 Å². The number of rotatable bonds is 5. The zero-order valence-corrected chi connectivity index (χ0v) is 21.1. The summed E-state index contributed by atoms with van der Waals surface area (Å²) in [5.74, 6) is 1.41. The van der Waals surface area contributed by atoms with E-state index >= 15 is 0 Å². The smallest absolute Gasteiger partial charge is 0.0777 e. The Hall–Kier alpha value is 0.0748. The summed E-state index contributed by atoms with van der Waals surface area (Å²) < 4.78 is 0. The van der Waals surface area contributed by atoms with E-state index in [0.29, 0.717) is 30.6 Å². The SMILES string of the molecule is [B][B]C12CCC3C(C(O)CC4(C)C3CCC4(O)C(C)(C)CO)C1(C)CCC(CCC)C2[B]. The minimum atomic E-state index is -0.976. The lowest BCUT2D eigenvalue weighted by Gasteiger charge is -2.70. The summed E-state index contributed by atoms with van der Waals surface area (Å²) >= 11 is 0. The maximum Gasteiger partial charge on any atom is 0.0777 e. The van der Waals surface area contributed by atoms with Crippen molar-refractivity contribution in [2.45, 2.75) is 115 Å². The van der Waals surface area contributed by atoms with E-state index in [4.69, 9.17) is 15.6 Å². The van der Waals surface area contributed by atoms with Gasteiger partial charge in [-0.15, -0.1) is 0 Å². The van der Waals surface area contributed by atoms with Gasteiger partial charge in [0.15, 0.2) is 0 Å². The van der Waals surface area contributed by atoms with Crippen LogP contribution in [0, 0.1) is 39.9 Å². The summed E-state index contributed by atoms with van der Waals surface area (Å²) in [5, 5.41) is 33.7. The predicted molar refractivity (Wildman–Crippen MR) is 133 cm³/mol. The third kappa shape index (κ3) is 2.93. The second-order valence-corrected chi connectivity index (χ2v) is 13.2. The molecular weight excluding hydrogens is 393 g/mol. The number of hydrogen-bond acceptors (Lipinski definition) is 3. The molecule has 6 heteroatoms. The molecule has 5 radical (unpaired) electrons. The van der Waals surface area contributed by atoms with Crippen LogP contribution in [0.15, 0.2) is 0 Å². The van der Waals surface area contributed by atoms with Gasteiger partial charge in [-0.05, 0) is 61.2 Å². The third-order valence-electron chi connectivity index (χ3n) is 11.9. The van der Waals surface area contributed by atoms with Gasteiger partial charge in [-0.1, -0.05) is 71.4 Å². The molecule has 4 aliphatic carbocycles. The van der Waals surface area contributed by atoms with E-state index in [1.54, 1.807) is 0 Å². The Labute approximate surface area is 199 Å². The maximum atomic E-state index is 12.0. The highest BCUT2D eigenvalue weighted by Crippen LogP contribution is 2.77. The highest BCUT2D eigenvalue weighted by molar-refractivity contribution is 6.91. The van der Waals surface area contributed by atoms with Gasteiger partial charge >= 0.3 is 0 Å². The highest BCUT2D eigenvalue weighted by Gasteiger charge is 2.71. The average molecular weight is 437 g/mol. The Kier molecular flexibility index (Phi) is 6.34. The van der Waals surface area contributed by atoms with Gasteiger partial charge in [0, 0.05) is 18.6 Å². The molecule has 32 heavy (non-hydrogen) atoms. The molecule has 10 unspecified atom stereocenters. The molecule has 175 valence electrons. The fourth-order valence-corrected chi connectivity index (χ4v) is 10.0. The number of hydrogen-bond donors (Lipinski definition) is 3. The Morgan fingerprint density at radius 1 is 1.06 bits per heavy atom. The van der Waals surface area contributed by atoms with Crippen LogP contribution < -0.4 is 0 Å². The van der Waals surface area contributed by atoms with E-state index in [9.17, 15) is 15.3 Å². The van der Waals surface area contributed by atoms with E-state index in [0.717, 1.165) is 44.9 Å². The van der Waals surface area contributed by atoms with Crippen LogP contribution in [0.25, 0.3) is 0 Å². The van der Waals surface area contributed by atoms with E-state index in [1.165, 1.54) is 0 Å². The molecule has 0 bridgehead atoms. The quantitative estimate of drug-likeness (QED) is 0.569. The van der Waals surface area contributed by atoms with Crippen molar-refractivity contribution in [1.82, 2.24) is 0 Å². The van der Waals surface area contributed by atoms with Crippen LogP contribution in [0.3, 0.4) is 0 Å². The van der Waals surface area contributed by atoms with Gasteiger partial charge in [0.05, 0.1) is 33.3 Å². The standard InChI is InChI=1S/C26H44B3O3/c1-6-7-16-8-11-23(4)20-17(9-12-25(23,29-28)21(16)27)18-10-13-26(32,22(2,3)15-30)24(18,5)14-19(20)31/h16-21,30-32H,6-15H2,1-5H3. The van der Waals surface area contributed by atoms with Crippen LogP contribution in [0.4, 0.5) is 0 Å². The molecule has 4 aliphatic rings. The van der Waals surface area contributed by atoms with E-state index in [-0.39, 0.29) is 29.1 Å². The maximum absolute atomic E-state index is 12.0. The number of aliphatic hydroxyl groups excluding tert-OH is 2. The van der Waals surface area contributed by atoms with Gasteiger partial charge in [-0.2, -0.15) is 0 Å². The molecule has 3 nitrogen and oxygen atoms in total. The Balaban J connectivity index is 1.73. The Morgan fingerprint density at radius 2 is 1.75 bits per heavy atom. The molecule has 4 rings (SSSR count). The van der Waals surface area contributed by atoms with Crippen molar-refractivity contribution >= 4 is 22.8 Å². The van der Waals surface area contributed by atoms with Crippen molar-refractivity contribution in [1.29, 1.82) is 0 Å². The zero-order chi connectivity index (χ0) is 23.7. The van der Waals surface area contributed by atoms with Gasteiger partial charge < -0.3 is 15.3 Å². The summed E-state index contributed by atoms with van der Waals surface area (Å²) in [6.07, 6.45) is 8.20. The Morgan fingerprint density at radius 3 is 2.34 bits per heavy atom. The van der Waals surface area contributed by atoms with E-state index in [2.05, 4.69) is 20.8 Å². The minimum Gasteiger partial charge on any atom is -0.396 e.